The molecule has 1 heterocycles. The average Bonchev–Trinajstić information content (AvgIpc) is 2.96. The van der Waals surface area contributed by atoms with Crippen molar-refractivity contribution in [2.75, 3.05) is 13.1 Å². The third kappa shape index (κ3) is 5.06. The molecule has 1 N–H and O–H groups in total. The molecule has 5 nitrogen and oxygen atoms in total. The maximum atomic E-state index is 12.3. The molecular formula is C19H21ClN2O3S. The number of rotatable bonds is 7. The zero-order valence-corrected chi connectivity index (χ0v) is 15.8. The van der Waals surface area contributed by atoms with E-state index >= 15 is 0 Å². The van der Waals surface area contributed by atoms with Crippen molar-refractivity contribution in [2.24, 2.45) is 5.92 Å². The van der Waals surface area contributed by atoms with Crippen molar-refractivity contribution in [3.63, 3.8) is 0 Å². The zero-order chi connectivity index (χ0) is 18.6. The highest BCUT2D eigenvalue weighted by Gasteiger charge is 2.30. The average molecular weight is 393 g/mol. The van der Waals surface area contributed by atoms with Gasteiger partial charge in [-0.15, -0.1) is 0 Å². The Morgan fingerprint density at radius 2 is 1.77 bits per heavy atom. The second kappa shape index (κ2) is 8.20. The topological polar surface area (TPSA) is 66.5 Å². The number of nitrogens with one attached hydrogen (secondary N) is 1. The lowest BCUT2D eigenvalue weighted by Gasteiger charge is -2.17. The predicted octanol–water partition coefficient (Wildman–Crippen LogP) is 2.81. The van der Waals surface area contributed by atoms with Gasteiger partial charge in [0.1, 0.15) is 0 Å². The van der Waals surface area contributed by atoms with Crippen molar-refractivity contribution in [3.8, 4) is 0 Å². The largest absolute Gasteiger partial charge is 0.338 e. The summed E-state index contributed by atoms with van der Waals surface area (Å²) < 4.78 is 27.2. The predicted molar refractivity (Wildman–Crippen MR) is 102 cm³/mol. The molecule has 1 saturated heterocycles. The van der Waals surface area contributed by atoms with Gasteiger partial charge >= 0.3 is 0 Å². The lowest BCUT2D eigenvalue weighted by molar-refractivity contribution is -0.128. The standard InChI is InChI=1S/C19H21ClN2O3S/c20-18-9-5-4-8-17(18)14-26(24,25)21-11-16-10-19(23)22(13-16)12-15-6-2-1-3-7-15/h1-9,16,21H,10-14H2. The van der Waals surface area contributed by atoms with Gasteiger partial charge < -0.3 is 4.90 Å². The molecule has 0 saturated carbocycles. The highest BCUT2D eigenvalue weighted by atomic mass is 35.5. The van der Waals surface area contributed by atoms with Gasteiger partial charge in [-0.2, -0.15) is 0 Å². The summed E-state index contributed by atoms with van der Waals surface area (Å²) in [5.74, 6) is -0.127. The number of carbonyl (C=O) groups excluding carboxylic acids is 1. The van der Waals surface area contributed by atoms with Crippen LogP contribution < -0.4 is 4.72 Å². The Labute approximate surface area is 159 Å². The van der Waals surface area contributed by atoms with Gasteiger partial charge in [0.15, 0.2) is 0 Å². The first-order chi connectivity index (χ1) is 12.4. The van der Waals surface area contributed by atoms with Crippen LogP contribution in [0.25, 0.3) is 0 Å². The molecule has 2 aromatic carbocycles. The van der Waals surface area contributed by atoms with Crippen LogP contribution in [0.4, 0.5) is 0 Å². The molecule has 2 aromatic rings. The van der Waals surface area contributed by atoms with Crippen LogP contribution in [0.3, 0.4) is 0 Å². The number of carbonyl (C=O) groups is 1. The van der Waals surface area contributed by atoms with Crippen LogP contribution in [0.5, 0.6) is 0 Å². The van der Waals surface area contributed by atoms with E-state index < -0.39 is 10.0 Å². The molecule has 0 bridgehead atoms. The smallest absolute Gasteiger partial charge is 0.223 e. The fourth-order valence-corrected chi connectivity index (χ4v) is 4.60. The van der Waals surface area contributed by atoms with Crippen LogP contribution in [0.2, 0.25) is 5.02 Å². The Morgan fingerprint density at radius 1 is 1.08 bits per heavy atom. The second-order valence-corrected chi connectivity index (χ2v) is 8.74. The maximum Gasteiger partial charge on any atom is 0.223 e. The number of nitrogens with zero attached hydrogens (tertiary/aromatic N) is 1. The van der Waals surface area contributed by atoms with Crippen LogP contribution in [-0.2, 0) is 27.1 Å². The first-order valence-electron chi connectivity index (χ1n) is 8.45. The second-order valence-electron chi connectivity index (χ2n) is 6.53. The summed E-state index contributed by atoms with van der Waals surface area (Å²) in [6.45, 7) is 1.37. The third-order valence-electron chi connectivity index (χ3n) is 4.41. The minimum absolute atomic E-state index is 0.0211. The van der Waals surface area contributed by atoms with Gasteiger partial charge in [-0.3, -0.25) is 4.79 Å². The molecular weight excluding hydrogens is 372 g/mol. The number of hydrogen-bond donors (Lipinski definition) is 1. The van der Waals surface area contributed by atoms with Gasteiger partial charge in [0.2, 0.25) is 15.9 Å². The van der Waals surface area contributed by atoms with Crippen LogP contribution in [0, 0.1) is 5.92 Å². The summed E-state index contributed by atoms with van der Waals surface area (Å²) in [5.41, 5.74) is 1.63. The molecule has 26 heavy (non-hydrogen) atoms. The van der Waals surface area contributed by atoms with E-state index in [-0.39, 0.29) is 24.1 Å². The maximum absolute atomic E-state index is 12.3. The van der Waals surface area contributed by atoms with Crippen molar-refractivity contribution >= 4 is 27.5 Å². The van der Waals surface area contributed by atoms with Crippen LogP contribution in [0.1, 0.15) is 17.5 Å². The Kier molecular flexibility index (Phi) is 5.96. The van der Waals surface area contributed by atoms with E-state index in [1.54, 1.807) is 29.2 Å². The van der Waals surface area contributed by atoms with Crippen LogP contribution in [0.15, 0.2) is 54.6 Å². The molecule has 3 rings (SSSR count). The summed E-state index contributed by atoms with van der Waals surface area (Å²) in [4.78, 5) is 14.0. The van der Waals surface area contributed by atoms with Gasteiger partial charge in [-0.25, -0.2) is 13.1 Å². The third-order valence-corrected chi connectivity index (χ3v) is 6.07. The van der Waals surface area contributed by atoms with Crippen LogP contribution in [-0.4, -0.2) is 32.3 Å². The van der Waals surface area contributed by atoms with Crippen molar-refractivity contribution in [1.82, 2.24) is 9.62 Å². The van der Waals surface area contributed by atoms with E-state index in [0.29, 0.717) is 30.1 Å². The Hall–Kier alpha value is -1.89. The quantitative estimate of drug-likeness (QED) is 0.787. The monoisotopic (exact) mass is 392 g/mol. The molecule has 7 heteroatoms. The molecule has 1 atom stereocenters. The summed E-state index contributed by atoms with van der Waals surface area (Å²) in [7, 11) is -3.50. The highest BCUT2D eigenvalue weighted by Crippen LogP contribution is 2.21. The molecule has 1 unspecified atom stereocenters. The summed E-state index contributed by atoms with van der Waals surface area (Å²) in [6.07, 6.45) is 0.363. The molecule has 0 spiro atoms. The molecule has 138 valence electrons. The van der Waals surface area contributed by atoms with Gasteiger partial charge in [-0.1, -0.05) is 60.1 Å². The highest BCUT2D eigenvalue weighted by molar-refractivity contribution is 7.88. The fraction of sp³-hybridized carbons (Fsp3) is 0.316. The molecule has 1 aliphatic heterocycles. The fourth-order valence-electron chi connectivity index (χ4n) is 3.06. The van der Waals surface area contributed by atoms with Crippen molar-refractivity contribution in [3.05, 3.63) is 70.7 Å². The summed E-state index contributed by atoms with van der Waals surface area (Å²) in [6, 6.07) is 16.7. The van der Waals surface area contributed by atoms with Crippen molar-refractivity contribution in [2.45, 2.75) is 18.7 Å². The van der Waals surface area contributed by atoms with E-state index in [4.69, 9.17) is 11.6 Å². The number of amides is 1. The SMILES string of the molecule is O=C1CC(CNS(=O)(=O)Cc2ccccc2Cl)CN1Cc1ccccc1. The van der Waals surface area contributed by atoms with E-state index in [0.717, 1.165) is 5.56 Å². The Bertz CT molecular complexity index is 871. The van der Waals surface area contributed by atoms with Crippen LogP contribution >= 0.6 is 11.6 Å². The van der Waals surface area contributed by atoms with E-state index in [1.165, 1.54) is 0 Å². The molecule has 0 radical (unpaired) electrons. The summed E-state index contributed by atoms with van der Waals surface area (Å²) >= 11 is 6.03. The minimum Gasteiger partial charge on any atom is -0.338 e. The number of benzene rings is 2. The van der Waals surface area contributed by atoms with Gasteiger partial charge in [0.05, 0.1) is 5.75 Å². The summed E-state index contributed by atoms with van der Waals surface area (Å²) in [5, 5.41) is 0.433. The number of halogens is 1. The number of likely N-dealkylation sites (tertiary alicyclic amines) is 1. The van der Waals surface area contributed by atoms with Gasteiger partial charge in [0.25, 0.3) is 0 Å². The van der Waals surface area contributed by atoms with E-state index in [9.17, 15) is 13.2 Å². The minimum atomic E-state index is -3.50. The van der Waals surface area contributed by atoms with Crippen molar-refractivity contribution in [1.29, 1.82) is 0 Å². The van der Waals surface area contributed by atoms with E-state index in [1.807, 2.05) is 30.3 Å². The normalized spacial score (nSPS) is 17.7. The molecule has 0 aliphatic carbocycles. The molecule has 1 amide bonds. The first-order valence-corrected chi connectivity index (χ1v) is 10.5. The van der Waals surface area contributed by atoms with Gasteiger partial charge in [-0.05, 0) is 23.1 Å². The lowest BCUT2D eigenvalue weighted by atomic mass is 10.1. The van der Waals surface area contributed by atoms with Crippen molar-refractivity contribution < 1.29 is 13.2 Å². The molecule has 1 aliphatic rings. The lowest BCUT2D eigenvalue weighted by Crippen LogP contribution is -2.32. The molecule has 1 fully saturated rings. The van der Waals surface area contributed by atoms with E-state index in [2.05, 4.69) is 4.72 Å². The van der Waals surface area contributed by atoms with Gasteiger partial charge in [0, 0.05) is 31.1 Å². The zero-order valence-electron chi connectivity index (χ0n) is 14.3. The first kappa shape index (κ1) is 18.9. The number of hydrogen-bond acceptors (Lipinski definition) is 3. The molecule has 0 aromatic heterocycles. The number of sulfonamides is 1. The Balaban J connectivity index is 1.53. The Morgan fingerprint density at radius 3 is 2.50 bits per heavy atom.